The van der Waals surface area contributed by atoms with E-state index >= 15 is 0 Å². The number of hydrogen-bond acceptors (Lipinski definition) is 3. The first-order valence-electron chi connectivity index (χ1n) is 5.90. The minimum atomic E-state index is -0.230. The zero-order valence-electron chi connectivity index (χ0n) is 10.4. The van der Waals surface area contributed by atoms with Crippen molar-refractivity contribution < 1.29 is 9.90 Å². The summed E-state index contributed by atoms with van der Waals surface area (Å²) in [7, 11) is 1.77. The van der Waals surface area contributed by atoms with E-state index in [-0.39, 0.29) is 17.7 Å². The van der Waals surface area contributed by atoms with E-state index in [4.69, 9.17) is 0 Å². The van der Waals surface area contributed by atoms with Crippen LogP contribution in [0.15, 0.2) is 24.3 Å². The molecule has 1 rings (SSSR count). The second kappa shape index (κ2) is 6.91. The van der Waals surface area contributed by atoms with E-state index < -0.39 is 0 Å². The van der Waals surface area contributed by atoms with Gasteiger partial charge in [0.2, 0.25) is 5.91 Å². The second-order valence-electron chi connectivity index (χ2n) is 4.00. The van der Waals surface area contributed by atoms with E-state index in [1.165, 1.54) is 0 Å². The van der Waals surface area contributed by atoms with E-state index in [0.717, 1.165) is 12.0 Å². The first kappa shape index (κ1) is 13.5. The number of nitrogens with one attached hydrogen (secondary N) is 2. The first-order chi connectivity index (χ1) is 8.17. The molecule has 94 valence electrons. The summed E-state index contributed by atoms with van der Waals surface area (Å²) in [5.74, 6) is 0.257. The van der Waals surface area contributed by atoms with Gasteiger partial charge in [-0.2, -0.15) is 0 Å². The molecule has 4 nitrogen and oxygen atoms in total. The van der Waals surface area contributed by atoms with Crippen LogP contribution in [0.3, 0.4) is 0 Å². The van der Waals surface area contributed by atoms with Crippen molar-refractivity contribution in [3.8, 4) is 5.75 Å². The van der Waals surface area contributed by atoms with Crippen molar-refractivity contribution >= 4 is 5.91 Å². The van der Waals surface area contributed by atoms with Gasteiger partial charge in [0.1, 0.15) is 5.75 Å². The monoisotopic (exact) mass is 236 g/mol. The summed E-state index contributed by atoms with van der Waals surface area (Å²) in [6.45, 7) is 2.72. The Hall–Kier alpha value is -1.55. The largest absolute Gasteiger partial charge is 0.508 e. The van der Waals surface area contributed by atoms with E-state index in [9.17, 15) is 9.90 Å². The fraction of sp³-hybridized carbons (Fsp3) is 0.462. The highest BCUT2D eigenvalue weighted by Crippen LogP contribution is 2.11. The molecule has 1 aromatic rings. The third-order valence-electron chi connectivity index (χ3n) is 2.59. The highest BCUT2D eigenvalue weighted by atomic mass is 16.3. The Morgan fingerprint density at radius 2 is 2.00 bits per heavy atom. The number of phenolic OH excluding ortho intramolecular Hbond substituents is 1. The molecule has 0 aliphatic rings. The van der Waals surface area contributed by atoms with Crippen LogP contribution in [0.1, 0.15) is 18.9 Å². The fourth-order valence-corrected chi connectivity index (χ4v) is 1.56. The zero-order chi connectivity index (χ0) is 12.7. The molecule has 0 aliphatic heterocycles. The molecular weight excluding hydrogens is 216 g/mol. The summed E-state index contributed by atoms with van der Waals surface area (Å²) in [6.07, 6.45) is 1.55. The van der Waals surface area contributed by atoms with Gasteiger partial charge in [0.15, 0.2) is 0 Å². The molecule has 0 saturated heterocycles. The normalized spacial score (nSPS) is 12.1. The lowest BCUT2D eigenvalue weighted by atomic mass is 10.1. The van der Waals surface area contributed by atoms with Gasteiger partial charge < -0.3 is 15.7 Å². The molecule has 0 aliphatic carbocycles. The molecule has 0 heterocycles. The molecule has 0 unspecified atom stereocenters. The third kappa shape index (κ3) is 4.44. The lowest BCUT2D eigenvalue weighted by Crippen LogP contribution is -2.44. The summed E-state index contributed by atoms with van der Waals surface area (Å²) in [4.78, 5) is 11.8. The number of carbonyl (C=O) groups excluding carboxylic acids is 1. The summed E-state index contributed by atoms with van der Waals surface area (Å²) in [5, 5.41) is 15.0. The van der Waals surface area contributed by atoms with Gasteiger partial charge in [-0.1, -0.05) is 19.1 Å². The Labute approximate surface area is 102 Å². The smallest absolute Gasteiger partial charge is 0.237 e. The number of phenols is 1. The molecular formula is C13H20N2O2. The van der Waals surface area contributed by atoms with Crippen LogP contribution in [0.25, 0.3) is 0 Å². The number of aromatic hydroxyl groups is 1. The summed E-state index contributed by atoms with van der Waals surface area (Å²) in [5.41, 5.74) is 1.02. The van der Waals surface area contributed by atoms with Crippen LogP contribution in [0.4, 0.5) is 0 Å². The van der Waals surface area contributed by atoms with Crippen LogP contribution in [0.5, 0.6) is 5.75 Å². The quantitative estimate of drug-likeness (QED) is 0.692. The molecule has 1 amide bonds. The summed E-state index contributed by atoms with van der Waals surface area (Å²) in [6, 6.07) is 6.68. The third-order valence-corrected chi connectivity index (χ3v) is 2.59. The molecule has 3 N–H and O–H groups in total. The van der Waals surface area contributed by atoms with Crippen LogP contribution in [-0.2, 0) is 11.2 Å². The lowest BCUT2D eigenvalue weighted by molar-refractivity contribution is -0.123. The Bertz CT molecular complexity index is 349. The van der Waals surface area contributed by atoms with E-state index in [2.05, 4.69) is 10.6 Å². The average molecular weight is 236 g/mol. The Kier molecular flexibility index (Phi) is 5.49. The van der Waals surface area contributed by atoms with Crippen molar-refractivity contribution in [1.29, 1.82) is 0 Å². The number of carbonyl (C=O) groups is 1. The van der Waals surface area contributed by atoms with Gasteiger partial charge in [-0.15, -0.1) is 0 Å². The molecule has 17 heavy (non-hydrogen) atoms. The predicted octanol–water partition coefficient (Wildman–Crippen LogP) is 1.05. The Morgan fingerprint density at radius 3 is 2.53 bits per heavy atom. The molecule has 1 aromatic carbocycles. The van der Waals surface area contributed by atoms with Crippen molar-refractivity contribution in [2.45, 2.75) is 25.8 Å². The number of rotatable bonds is 6. The SMILES string of the molecule is CCCNC(=O)[C@H](Cc1ccc(O)cc1)NC. The molecule has 0 saturated carbocycles. The second-order valence-corrected chi connectivity index (χ2v) is 4.00. The van der Waals surface area contributed by atoms with Gasteiger partial charge in [0.25, 0.3) is 0 Å². The highest BCUT2D eigenvalue weighted by Gasteiger charge is 2.15. The predicted molar refractivity (Wildman–Crippen MR) is 68.0 cm³/mol. The minimum Gasteiger partial charge on any atom is -0.508 e. The van der Waals surface area contributed by atoms with Crippen molar-refractivity contribution in [2.75, 3.05) is 13.6 Å². The lowest BCUT2D eigenvalue weighted by Gasteiger charge is -2.15. The standard InChI is InChI=1S/C13H20N2O2/c1-3-8-15-13(17)12(14-2)9-10-4-6-11(16)7-5-10/h4-7,12,14,16H,3,8-9H2,1-2H3,(H,15,17)/t12-/m0/s1. The Morgan fingerprint density at radius 1 is 1.35 bits per heavy atom. The van der Waals surface area contributed by atoms with Gasteiger partial charge in [0, 0.05) is 6.54 Å². The fourth-order valence-electron chi connectivity index (χ4n) is 1.56. The summed E-state index contributed by atoms with van der Waals surface area (Å²) < 4.78 is 0. The molecule has 0 bridgehead atoms. The summed E-state index contributed by atoms with van der Waals surface area (Å²) >= 11 is 0. The van der Waals surface area contributed by atoms with Crippen molar-refractivity contribution in [3.05, 3.63) is 29.8 Å². The van der Waals surface area contributed by atoms with Gasteiger partial charge >= 0.3 is 0 Å². The maximum Gasteiger partial charge on any atom is 0.237 e. The van der Waals surface area contributed by atoms with Crippen molar-refractivity contribution in [2.24, 2.45) is 0 Å². The van der Waals surface area contributed by atoms with Crippen LogP contribution in [-0.4, -0.2) is 30.6 Å². The Balaban J connectivity index is 2.57. The minimum absolute atomic E-state index is 0.0161. The maximum absolute atomic E-state index is 11.8. The van der Waals surface area contributed by atoms with Crippen LogP contribution >= 0.6 is 0 Å². The molecule has 1 atom stereocenters. The number of benzene rings is 1. The van der Waals surface area contributed by atoms with Crippen molar-refractivity contribution in [3.63, 3.8) is 0 Å². The number of amides is 1. The van der Waals surface area contributed by atoms with E-state index in [1.54, 1.807) is 19.2 Å². The highest BCUT2D eigenvalue weighted by molar-refractivity contribution is 5.82. The molecule has 0 spiro atoms. The molecule has 4 heteroatoms. The van der Waals surface area contributed by atoms with E-state index in [0.29, 0.717) is 13.0 Å². The van der Waals surface area contributed by atoms with Crippen LogP contribution in [0.2, 0.25) is 0 Å². The first-order valence-corrected chi connectivity index (χ1v) is 5.90. The van der Waals surface area contributed by atoms with Gasteiger partial charge in [-0.25, -0.2) is 0 Å². The average Bonchev–Trinajstić information content (AvgIpc) is 2.35. The molecule has 0 radical (unpaired) electrons. The van der Waals surface area contributed by atoms with Crippen molar-refractivity contribution in [1.82, 2.24) is 10.6 Å². The van der Waals surface area contributed by atoms with Gasteiger partial charge in [0.05, 0.1) is 6.04 Å². The topological polar surface area (TPSA) is 61.4 Å². The zero-order valence-corrected chi connectivity index (χ0v) is 10.4. The van der Waals surface area contributed by atoms with Crippen LogP contribution in [0, 0.1) is 0 Å². The van der Waals surface area contributed by atoms with Gasteiger partial charge in [-0.3, -0.25) is 4.79 Å². The number of likely N-dealkylation sites (N-methyl/N-ethyl adjacent to an activating group) is 1. The number of hydrogen-bond donors (Lipinski definition) is 3. The molecule has 0 aromatic heterocycles. The molecule has 0 fully saturated rings. The van der Waals surface area contributed by atoms with E-state index in [1.807, 2.05) is 19.1 Å². The van der Waals surface area contributed by atoms with Crippen LogP contribution < -0.4 is 10.6 Å². The van der Waals surface area contributed by atoms with Gasteiger partial charge in [-0.05, 0) is 37.6 Å². The maximum atomic E-state index is 11.8.